The zero-order chi connectivity index (χ0) is 10.1. The maximum atomic E-state index is 13.2. The first-order chi connectivity index (χ1) is 6.68. The molecule has 0 fully saturated rings. The number of carbonyl (C=O) groups is 1. The highest BCUT2D eigenvalue weighted by atomic mass is 19.1. The number of hydrogen-bond acceptors (Lipinski definition) is 3. The first-order valence-electron chi connectivity index (χ1n) is 4.23. The van der Waals surface area contributed by atoms with Crippen LogP contribution >= 0.6 is 0 Å². The SMILES string of the molecule is C[C@@H]1N=C(c2ccccc2F)OC1=O. The summed E-state index contributed by atoms with van der Waals surface area (Å²) in [6.07, 6.45) is 0. The van der Waals surface area contributed by atoms with Gasteiger partial charge in [-0.1, -0.05) is 12.1 Å². The molecule has 0 saturated heterocycles. The summed E-state index contributed by atoms with van der Waals surface area (Å²) in [5, 5.41) is 0. The summed E-state index contributed by atoms with van der Waals surface area (Å²) < 4.78 is 18.0. The molecule has 0 unspecified atom stereocenters. The van der Waals surface area contributed by atoms with Gasteiger partial charge < -0.3 is 4.74 Å². The molecule has 0 N–H and O–H groups in total. The number of carbonyl (C=O) groups excluding carboxylic acids is 1. The Balaban J connectivity index is 2.38. The smallest absolute Gasteiger partial charge is 0.337 e. The van der Waals surface area contributed by atoms with E-state index in [1.165, 1.54) is 12.1 Å². The highest BCUT2D eigenvalue weighted by Gasteiger charge is 2.26. The van der Waals surface area contributed by atoms with Crippen molar-refractivity contribution in [1.82, 2.24) is 0 Å². The van der Waals surface area contributed by atoms with E-state index < -0.39 is 17.8 Å². The predicted molar refractivity (Wildman–Crippen MR) is 48.5 cm³/mol. The number of hydrogen-bond donors (Lipinski definition) is 0. The largest absolute Gasteiger partial charge is 0.405 e. The van der Waals surface area contributed by atoms with Gasteiger partial charge in [0.25, 0.3) is 0 Å². The fraction of sp³-hybridized carbons (Fsp3) is 0.200. The van der Waals surface area contributed by atoms with Gasteiger partial charge >= 0.3 is 5.97 Å². The molecule has 2 rings (SSSR count). The average molecular weight is 193 g/mol. The Hall–Kier alpha value is -1.71. The van der Waals surface area contributed by atoms with E-state index in [0.29, 0.717) is 0 Å². The van der Waals surface area contributed by atoms with Crippen molar-refractivity contribution in [3.8, 4) is 0 Å². The van der Waals surface area contributed by atoms with Gasteiger partial charge in [-0.2, -0.15) is 0 Å². The molecule has 3 nitrogen and oxygen atoms in total. The van der Waals surface area contributed by atoms with E-state index in [4.69, 9.17) is 4.74 Å². The Bertz CT molecular complexity index is 414. The van der Waals surface area contributed by atoms with Crippen LogP contribution in [0.2, 0.25) is 0 Å². The molecule has 0 saturated carbocycles. The van der Waals surface area contributed by atoms with Crippen LogP contribution in [0.5, 0.6) is 0 Å². The number of esters is 1. The average Bonchev–Trinajstić information content (AvgIpc) is 2.48. The third-order valence-electron chi connectivity index (χ3n) is 1.95. The minimum atomic E-state index is -0.537. The number of halogens is 1. The molecule has 4 heteroatoms. The second kappa shape index (κ2) is 3.21. The maximum absolute atomic E-state index is 13.2. The van der Waals surface area contributed by atoms with Crippen LogP contribution in [0.25, 0.3) is 0 Å². The number of nitrogens with zero attached hydrogens (tertiary/aromatic N) is 1. The fourth-order valence-corrected chi connectivity index (χ4v) is 1.19. The number of ether oxygens (including phenoxy) is 1. The van der Waals surface area contributed by atoms with Crippen molar-refractivity contribution in [3.05, 3.63) is 35.6 Å². The first-order valence-corrected chi connectivity index (χ1v) is 4.23. The molecule has 1 aliphatic heterocycles. The highest BCUT2D eigenvalue weighted by molar-refractivity contribution is 6.06. The Kier molecular flexibility index (Phi) is 2.04. The van der Waals surface area contributed by atoms with Crippen LogP contribution in [0.4, 0.5) is 4.39 Å². The molecular formula is C10H8FNO2. The number of aliphatic imine (C=N–C) groups is 1. The van der Waals surface area contributed by atoms with Gasteiger partial charge in [0.2, 0.25) is 5.90 Å². The number of benzene rings is 1. The molecule has 0 radical (unpaired) electrons. The van der Waals surface area contributed by atoms with E-state index in [1.54, 1.807) is 19.1 Å². The van der Waals surface area contributed by atoms with Gasteiger partial charge in [0, 0.05) is 0 Å². The van der Waals surface area contributed by atoms with E-state index in [-0.39, 0.29) is 11.5 Å². The van der Waals surface area contributed by atoms with Crippen LogP contribution in [-0.2, 0) is 9.53 Å². The van der Waals surface area contributed by atoms with Gasteiger partial charge in [-0.3, -0.25) is 0 Å². The van der Waals surface area contributed by atoms with Crippen molar-refractivity contribution in [3.63, 3.8) is 0 Å². The highest BCUT2D eigenvalue weighted by Crippen LogP contribution is 2.15. The van der Waals surface area contributed by atoms with Crippen molar-refractivity contribution in [2.45, 2.75) is 13.0 Å². The molecular weight excluding hydrogens is 185 g/mol. The van der Waals surface area contributed by atoms with E-state index in [2.05, 4.69) is 4.99 Å². The third-order valence-corrected chi connectivity index (χ3v) is 1.95. The van der Waals surface area contributed by atoms with Gasteiger partial charge in [-0.25, -0.2) is 14.2 Å². The molecule has 0 aliphatic carbocycles. The minimum Gasteiger partial charge on any atom is -0.405 e. The molecule has 1 aromatic rings. The predicted octanol–water partition coefficient (Wildman–Crippen LogP) is 1.52. The quantitative estimate of drug-likeness (QED) is 0.634. The molecule has 1 aliphatic rings. The zero-order valence-corrected chi connectivity index (χ0v) is 7.53. The zero-order valence-electron chi connectivity index (χ0n) is 7.53. The fourth-order valence-electron chi connectivity index (χ4n) is 1.19. The van der Waals surface area contributed by atoms with Gasteiger partial charge in [-0.15, -0.1) is 0 Å². The second-order valence-corrected chi connectivity index (χ2v) is 3.01. The molecule has 1 aromatic carbocycles. The Labute approximate surface area is 80.2 Å². The lowest BCUT2D eigenvalue weighted by atomic mass is 10.2. The van der Waals surface area contributed by atoms with E-state index in [9.17, 15) is 9.18 Å². The van der Waals surface area contributed by atoms with Gasteiger partial charge in [0.15, 0.2) is 0 Å². The minimum absolute atomic E-state index is 0.0700. The Morgan fingerprint density at radius 2 is 2.14 bits per heavy atom. The molecule has 0 bridgehead atoms. The summed E-state index contributed by atoms with van der Waals surface area (Å²) >= 11 is 0. The Morgan fingerprint density at radius 1 is 1.43 bits per heavy atom. The van der Waals surface area contributed by atoms with Gasteiger partial charge in [0.1, 0.15) is 11.9 Å². The van der Waals surface area contributed by atoms with Gasteiger partial charge in [0.05, 0.1) is 5.56 Å². The summed E-state index contributed by atoms with van der Waals surface area (Å²) in [4.78, 5) is 14.9. The van der Waals surface area contributed by atoms with Crippen LogP contribution < -0.4 is 0 Å². The molecule has 0 amide bonds. The summed E-state index contributed by atoms with van der Waals surface area (Å²) in [5.74, 6) is -0.808. The topological polar surface area (TPSA) is 38.7 Å². The van der Waals surface area contributed by atoms with Crippen LogP contribution in [0.15, 0.2) is 29.3 Å². The normalized spacial score (nSPS) is 20.6. The van der Waals surface area contributed by atoms with Crippen LogP contribution in [0.3, 0.4) is 0 Å². The lowest BCUT2D eigenvalue weighted by Gasteiger charge is -2.00. The number of rotatable bonds is 1. The van der Waals surface area contributed by atoms with Crippen LogP contribution in [0.1, 0.15) is 12.5 Å². The molecule has 1 heterocycles. The maximum Gasteiger partial charge on any atom is 0.337 e. The van der Waals surface area contributed by atoms with Gasteiger partial charge in [-0.05, 0) is 19.1 Å². The van der Waals surface area contributed by atoms with Crippen molar-refractivity contribution < 1.29 is 13.9 Å². The lowest BCUT2D eigenvalue weighted by molar-refractivity contribution is -0.134. The molecule has 0 aromatic heterocycles. The standard InChI is InChI=1S/C10H8FNO2/c1-6-10(13)14-9(12-6)7-4-2-3-5-8(7)11/h2-6H,1H3/t6-/m0/s1. The summed E-state index contributed by atoms with van der Waals surface area (Å²) in [7, 11) is 0. The number of cyclic esters (lactones) is 1. The molecule has 1 atom stereocenters. The van der Waals surface area contributed by atoms with Crippen molar-refractivity contribution >= 4 is 11.9 Å². The van der Waals surface area contributed by atoms with Crippen LogP contribution in [-0.4, -0.2) is 17.9 Å². The third kappa shape index (κ3) is 1.39. The van der Waals surface area contributed by atoms with E-state index in [0.717, 1.165) is 0 Å². The lowest BCUT2D eigenvalue weighted by Crippen LogP contribution is -2.11. The first kappa shape index (κ1) is 8.87. The molecule has 72 valence electrons. The summed E-state index contributed by atoms with van der Waals surface area (Å²) in [5.41, 5.74) is 0.227. The van der Waals surface area contributed by atoms with E-state index in [1.807, 2.05) is 0 Å². The molecule has 14 heavy (non-hydrogen) atoms. The van der Waals surface area contributed by atoms with Crippen molar-refractivity contribution in [2.24, 2.45) is 4.99 Å². The summed E-state index contributed by atoms with van der Waals surface area (Å²) in [6.45, 7) is 1.61. The summed E-state index contributed by atoms with van der Waals surface area (Å²) in [6, 6.07) is 5.52. The Morgan fingerprint density at radius 3 is 2.71 bits per heavy atom. The second-order valence-electron chi connectivity index (χ2n) is 3.01. The van der Waals surface area contributed by atoms with Crippen molar-refractivity contribution in [2.75, 3.05) is 0 Å². The molecule has 0 spiro atoms. The van der Waals surface area contributed by atoms with E-state index >= 15 is 0 Å². The van der Waals surface area contributed by atoms with Crippen molar-refractivity contribution in [1.29, 1.82) is 0 Å². The van der Waals surface area contributed by atoms with Crippen LogP contribution in [0, 0.1) is 5.82 Å². The monoisotopic (exact) mass is 193 g/mol.